The molecule has 0 saturated carbocycles. The molecule has 1 atom stereocenters. The van der Waals surface area contributed by atoms with Crippen LogP contribution < -0.4 is 19.7 Å². The lowest BCUT2D eigenvalue weighted by Gasteiger charge is -2.33. The van der Waals surface area contributed by atoms with Crippen LogP contribution in [0, 0.1) is 0 Å². The van der Waals surface area contributed by atoms with Gasteiger partial charge in [-0.05, 0) is 56.4 Å². The number of nitrogens with one attached hydrogen (secondary N) is 1. The van der Waals surface area contributed by atoms with Gasteiger partial charge in [0.2, 0.25) is 0 Å². The van der Waals surface area contributed by atoms with Crippen molar-refractivity contribution < 1.29 is 9.47 Å². The van der Waals surface area contributed by atoms with Gasteiger partial charge in [0.05, 0.1) is 32.5 Å². The number of benzene rings is 2. The van der Waals surface area contributed by atoms with Crippen molar-refractivity contribution in [3.8, 4) is 11.5 Å². The quantitative estimate of drug-likeness (QED) is 0.915. The minimum atomic E-state index is 0.141. The molecule has 24 heavy (non-hydrogen) atoms. The fourth-order valence-electron chi connectivity index (χ4n) is 2.81. The van der Waals surface area contributed by atoms with Crippen molar-refractivity contribution in [1.29, 1.82) is 0 Å². The molecule has 0 radical (unpaired) electrons. The van der Waals surface area contributed by atoms with E-state index in [1.54, 1.807) is 14.2 Å². The standard InChI is InChI=1S/C19H23N3O2/c1-13(20-2)19-21-18-10-9-17(24-4)11-14(18)12-22(19)15-5-7-16(23-3)8-6-15/h5-11,13,20H,12H2,1-4H3. The molecule has 5 heteroatoms. The molecule has 126 valence electrons. The second kappa shape index (κ2) is 6.93. The van der Waals surface area contributed by atoms with E-state index in [9.17, 15) is 0 Å². The zero-order valence-corrected chi connectivity index (χ0v) is 14.5. The molecule has 5 nitrogen and oxygen atoms in total. The molecule has 3 rings (SSSR count). The van der Waals surface area contributed by atoms with Crippen LogP contribution in [0.2, 0.25) is 0 Å². The van der Waals surface area contributed by atoms with Gasteiger partial charge < -0.3 is 19.7 Å². The van der Waals surface area contributed by atoms with Gasteiger partial charge in [-0.15, -0.1) is 0 Å². The van der Waals surface area contributed by atoms with Gasteiger partial charge in [0.1, 0.15) is 17.3 Å². The Balaban J connectivity index is 2.02. The van der Waals surface area contributed by atoms with Gasteiger partial charge in [-0.1, -0.05) is 0 Å². The topological polar surface area (TPSA) is 46.1 Å². The van der Waals surface area contributed by atoms with Gasteiger partial charge in [0.25, 0.3) is 0 Å². The second-order valence-electron chi connectivity index (χ2n) is 5.76. The summed E-state index contributed by atoms with van der Waals surface area (Å²) in [5.41, 5.74) is 3.24. The van der Waals surface area contributed by atoms with Crippen LogP contribution in [0.5, 0.6) is 11.5 Å². The number of ether oxygens (including phenoxy) is 2. The Morgan fingerprint density at radius 1 is 1.04 bits per heavy atom. The minimum Gasteiger partial charge on any atom is -0.497 e. The van der Waals surface area contributed by atoms with Crippen molar-refractivity contribution in [3.05, 3.63) is 48.0 Å². The molecular weight excluding hydrogens is 302 g/mol. The van der Waals surface area contributed by atoms with Crippen molar-refractivity contribution in [1.82, 2.24) is 5.32 Å². The zero-order valence-electron chi connectivity index (χ0n) is 14.5. The summed E-state index contributed by atoms with van der Waals surface area (Å²) in [5, 5.41) is 3.29. The Morgan fingerprint density at radius 3 is 2.33 bits per heavy atom. The molecule has 1 unspecified atom stereocenters. The maximum absolute atomic E-state index is 5.35. The van der Waals surface area contributed by atoms with Crippen molar-refractivity contribution in [2.75, 3.05) is 26.2 Å². The number of likely N-dealkylation sites (N-methyl/N-ethyl adjacent to an activating group) is 1. The summed E-state index contributed by atoms with van der Waals surface area (Å²) in [7, 11) is 5.31. The van der Waals surface area contributed by atoms with E-state index in [1.807, 2.05) is 31.3 Å². The third kappa shape index (κ3) is 3.08. The Hall–Kier alpha value is -2.53. The Bertz CT molecular complexity index is 741. The lowest BCUT2D eigenvalue weighted by Crippen LogP contribution is -2.44. The summed E-state index contributed by atoms with van der Waals surface area (Å²) in [6.45, 7) is 2.87. The second-order valence-corrected chi connectivity index (χ2v) is 5.76. The molecule has 0 spiro atoms. The largest absolute Gasteiger partial charge is 0.497 e. The number of hydrogen-bond donors (Lipinski definition) is 1. The van der Waals surface area contributed by atoms with Crippen molar-refractivity contribution in [2.45, 2.75) is 19.5 Å². The first-order valence-corrected chi connectivity index (χ1v) is 8.00. The van der Waals surface area contributed by atoms with Crippen LogP contribution in [0.3, 0.4) is 0 Å². The summed E-state index contributed by atoms with van der Waals surface area (Å²) in [5.74, 6) is 2.70. The summed E-state index contributed by atoms with van der Waals surface area (Å²) < 4.78 is 10.6. The monoisotopic (exact) mass is 325 g/mol. The predicted molar refractivity (Wildman–Crippen MR) is 97.8 cm³/mol. The number of hydrogen-bond acceptors (Lipinski definition) is 5. The van der Waals surface area contributed by atoms with Gasteiger partial charge in [0.15, 0.2) is 0 Å². The van der Waals surface area contributed by atoms with E-state index in [1.165, 1.54) is 0 Å². The minimum absolute atomic E-state index is 0.141. The Labute approximate surface area is 142 Å². The number of amidine groups is 1. The maximum atomic E-state index is 5.35. The van der Waals surface area contributed by atoms with E-state index in [4.69, 9.17) is 14.5 Å². The molecule has 1 N–H and O–H groups in total. The van der Waals surface area contributed by atoms with Crippen LogP contribution in [0.4, 0.5) is 11.4 Å². The predicted octanol–water partition coefficient (Wildman–Crippen LogP) is 3.36. The first-order valence-electron chi connectivity index (χ1n) is 8.00. The molecule has 2 aromatic rings. The Kier molecular flexibility index (Phi) is 4.71. The molecule has 1 heterocycles. The Morgan fingerprint density at radius 2 is 1.71 bits per heavy atom. The normalized spacial score (nSPS) is 14.7. The first kappa shape index (κ1) is 16.3. The lowest BCUT2D eigenvalue weighted by atomic mass is 10.1. The lowest BCUT2D eigenvalue weighted by molar-refractivity contribution is 0.414. The van der Waals surface area contributed by atoms with E-state index >= 15 is 0 Å². The fourth-order valence-corrected chi connectivity index (χ4v) is 2.81. The number of nitrogens with zero attached hydrogens (tertiary/aromatic N) is 2. The molecule has 0 aromatic heterocycles. The van der Waals surface area contributed by atoms with E-state index in [2.05, 4.69) is 35.3 Å². The molecule has 0 amide bonds. The van der Waals surface area contributed by atoms with Gasteiger partial charge in [-0.3, -0.25) is 0 Å². The third-order valence-corrected chi connectivity index (χ3v) is 4.33. The smallest absolute Gasteiger partial charge is 0.126 e. The third-order valence-electron chi connectivity index (χ3n) is 4.33. The van der Waals surface area contributed by atoms with E-state index in [-0.39, 0.29) is 6.04 Å². The highest BCUT2D eigenvalue weighted by Crippen LogP contribution is 2.33. The summed E-state index contributed by atoms with van der Waals surface area (Å²) in [6.07, 6.45) is 0. The van der Waals surface area contributed by atoms with Crippen LogP contribution in [-0.2, 0) is 6.54 Å². The summed E-state index contributed by atoms with van der Waals surface area (Å²) >= 11 is 0. The average molecular weight is 325 g/mol. The molecule has 0 fully saturated rings. The van der Waals surface area contributed by atoms with Crippen LogP contribution in [0.15, 0.2) is 47.5 Å². The highest BCUT2D eigenvalue weighted by molar-refractivity contribution is 6.04. The van der Waals surface area contributed by atoms with Crippen molar-refractivity contribution in [2.24, 2.45) is 4.99 Å². The van der Waals surface area contributed by atoms with Gasteiger partial charge >= 0.3 is 0 Å². The molecule has 2 aromatic carbocycles. The number of rotatable bonds is 5. The number of methoxy groups -OCH3 is 2. The first-order chi connectivity index (χ1) is 11.7. The zero-order chi connectivity index (χ0) is 17.1. The molecule has 0 bridgehead atoms. The SMILES string of the molecule is CNC(C)C1=Nc2ccc(OC)cc2CN1c1ccc(OC)cc1. The van der Waals surface area contributed by atoms with Crippen LogP contribution in [0.1, 0.15) is 12.5 Å². The fraction of sp³-hybridized carbons (Fsp3) is 0.316. The molecule has 1 aliphatic rings. The van der Waals surface area contributed by atoms with E-state index < -0.39 is 0 Å². The molecule has 0 saturated heterocycles. The highest BCUT2D eigenvalue weighted by Gasteiger charge is 2.25. The van der Waals surface area contributed by atoms with Crippen LogP contribution >= 0.6 is 0 Å². The maximum Gasteiger partial charge on any atom is 0.126 e. The van der Waals surface area contributed by atoms with E-state index in [0.29, 0.717) is 0 Å². The van der Waals surface area contributed by atoms with Gasteiger partial charge in [-0.25, -0.2) is 4.99 Å². The van der Waals surface area contributed by atoms with Crippen LogP contribution in [-0.4, -0.2) is 33.1 Å². The number of aliphatic imine (C=N–C) groups is 1. The van der Waals surface area contributed by atoms with Crippen molar-refractivity contribution in [3.63, 3.8) is 0 Å². The van der Waals surface area contributed by atoms with Crippen LogP contribution in [0.25, 0.3) is 0 Å². The molecular formula is C19H23N3O2. The van der Waals surface area contributed by atoms with Gasteiger partial charge in [0, 0.05) is 11.3 Å². The average Bonchev–Trinajstić information content (AvgIpc) is 2.65. The summed E-state index contributed by atoms with van der Waals surface area (Å²) in [6, 6.07) is 14.2. The summed E-state index contributed by atoms with van der Waals surface area (Å²) in [4.78, 5) is 7.11. The molecule has 1 aliphatic heterocycles. The number of anilines is 1. The molecule has 0 aliphatic carbocycles. The highest BCUT2D eigenvalue weighted by atomic mass is 16.5. The van der Waals surface area contributed by atoms with Crippen molar-refractivity contribution >= 4 is 17.2 Å². The van der Waals surface area contributed by atoms with E-state index in [0.717, 1.165) is 40.8 Å². The number of fused-ring (bicyclic) bond motifs is 1. The van der Waals surface area contributed by atoms with Gasteiger partial charge in [-0.2, -0.15) is 0 Å².